The Bertz CT molecular complexity index is 1010. The second kappa shape index (κ2) is 12.8. The molecule has 0 saturated heterocycles. The number of fused-ring (bicyclic) bond motifs is 1. The number of alkyl halides is 4. The van der Waals surface area contributed by atoms with Crippen LogP contribution in [0.2, 0.25) is 0 Å². The molecular weight excluding hydrogens is 502 g/mol. The van der Waals surface area contributed by atoms with Crippen molar-refractivity contribution in [2.45, 2.75) is 102 Å². The van der Waals surface area contributed by atoms with E-state index in [0.29, 0.717) is 11.5 Å². The Morgan fingerprint density at radius 2 is 1.45 bits per heavy atom. The van der Waals surface area contributed by atoms with E-state index >= 15 is 0 Å². The van der Waals surface area contributed by atoms with E-state index in [0.717, 1.165) is 36.3 Å². The van der Waals surface area contributed by atoms with Crippen LogP contribution in [0.5, 0.6) is 5.75 Å². The van der Waals surface area contributed by atoms with Crippen LogP contribution in [-0.4, -0.2) is 12.5 Å². The summed E-state index contributed by atoms with van der Waals surface area (Å²) >= 11 is 0. The van der Waals surface area contributed by atoms with Crippen LogP contribution < -0.4 is 4.74 Å². The van der Waals surface area contributed by atoms with Gasteiger partial charge in [0, 0.05) is 0 Å². The molecule has 0 spiro atoms. The minimum atomic E-state index is -4.99. The highest BCUT2D eigenvalue weighted by molar-refractivity contribution is 5.65. The Labute approximate surface area is 222 Å². The van der Waals surface area contributed by atoms with Crippen molar-refractivity contribution in [1.82, 2.24) is 0 Å². The topological polar surface area (TPSA) is 9.23 Å². The molecule has 2 aliphatic carbocycles. The lowest BCUT2D eigenvalue weighted by Crippen LogP contribution is -2.34. The molecular formula is C31H38F6O. The fourth-order valence-electron chi connectivity index (χ4n) is 6.54. The van der Waals surface area contributed by atoms with Crippen LogP contribution in [-0.2, 0) is 0 Å². The summed E-state index contributed by atoms with van der Waals surface area (Å²) in [7, 11) is 0. The monoisotopic (exact) mass is 540 g/mol. The van der Waals surface area contributed by atoms with Gasteiger partial charge in [0.05, 0.1) is 0 Å². The zero-order chi connectivity index (χ0) is 27.3. The summed E-state index contributed by atoms with van der Waals surface area (Å²) in [5.74, 6) is -1.52. The van der Waals surface area contributed by atoms with E-state index in [1.54, 1.807) is 12.1 Å². The Morgan fingerprint density at radius 3 is 2.11 bits per heavy atom. The van der Waals surface area contributed by atoms with Gasteiger partial charge in [-0.3, -0.25) is 0 Å². The van der Waals surface area contributed by atoms with Crippen molar-refractivity contribution < 1.29 is 31.1 Å². The van der Waals surface area contributed by atoms with Crippen molar-refractivity contribution in [3.05, 3.63) is 53.6 Å². The SMILES string of the molecule is CCCCCCCC1CC[C@@H]2C[C@H](c3ccc(-c4cc(F)c(OC(F)(F)C(F)F)c(F)c4)cc3)CC[C@@H]2C1. The fraction of sp³-hybridized carbons (Fsp3) is 0.613. The van der Waals surface area contributed by atoms with E-state index in [9.17, 15) is 26.3 Å². The maximum absolute atomic E-state index is 14.3. The molecule has 0 amide bonds. The third-order valence-corrected chi connectivity index (χ3v) is 8.64. The molecule has 2 aromatic rings. The van der Waals surface area contributed by atoms with Gasteiger partial charge < -0.3 is 4.74 Å². The van der Waals surface area contributed by atoms with Crippen molar-refractivity contribution in [1.29, 1.82) is 0 Å². The number of halogens is 6. The minimum absolute atomic E-state index is 0.121. The van der Waals surface area contributed by atoms with E-state index in [1.807, 2.05) is 12.1 Å². The normalized spacial score (nSPS) is 23.9. The Balaban J connectivity index is 1.34. The smallest absolute Gasteiger partial charge is 0.422 e. The van der Waals surface area contributed by atoms with Crippen molar-refractivity contribution in [3.8, 4) is 16.9 Å². The highest BCUT2D eigenvalue weighted by atomic mass is 19.3. The average molecular weight is 541 g/mol. The van der Waals surface area contributed by atoms with Crippen LogP contribution in [0, 0.1) is 29.4 Å². The highest BCUT2D eigenvalue weighted by Gasteiger charge is 2.45. The molecule has 0 radical (unpaired) electrons. The molecule has 38 heavy (non-hydrogen) atoms. The lowest BCUT2D eigenvalue weighted by atomic mass is 9.63. The second-order valence-electron chi connectivity index (χ2n) is 11.3. The van der Waals surface area contributed by atoms with Gasteiger partial charge in [0.15, 0.2) is 17.4 Å². The molecule has 2 fully saturated rings. The molecule has 0 aromatic heterocycles. The predicted molar refractivity (Wildman–Crippen MR) is 138 cm³/mol. The zero-order valence-electron chi connectivity index (χ0n) is 22.0. The summed E-state index contributed by atoms with van der Waals surface area (Å²) in [6.07, 6.45) is 6.44. The summed E-state index contributed by atoms with van der Waals surface area (Å²) < 4.78 is 83.3. The van der Waals surface area contributed by atoms with E-state index < -0.39 is 29.9 Å². The number of ether oxygens (including phenoxy) is 1. The van der Waals surface area contributed by atoms with Crippen molar-refractivity contribution in [2.75, 3.05) is 0 Å². The summed E-state index contributed by atoms with van der Waals surface area (Å²) in [4.78, 5) is 0. The summed E-state index contributed by atoms with van der Waals surface area (Å²) in [5.41, 5.74) is 1.82. The highest BCUT2D eigenvalue weighted by Crippen LogP contribution is 2.48. The number of unbranched alkanes of at least 4 members (excludes halogenated alkanes) is 4. The van der Waals surface area contributed by atoms with Gasteiger partial charge in [-0.25, -0.2) is 8.78 Å². The van der Waals surface area contributed by atoms with E-state index in [-0.39, 0.29) is 5.56 Å². The molecule has 0 bridgehead atoms. The van der Waals surface area contributed by atoms with Crippen LogP contribution in [0.25, 0.3) is 11.1 Å². The summed E-state index contributed by atoms with van der Waals surface area (Å²) in [6, 6.07) is 9.10. The maximum Gasteiger partial charge on any atom is 0.461 e. The van der Waals surface area contributed by atoms with Crippen LogP contribution in [0.1, 0.15) is 95.5 Å². The Kier molecular flexibility index (Phi) is 9.69. The maximum atomic E-state index is 14.3. The van der Waals surface area contributed by atoms with Gasteiger partial charge >= 0.3 is 12.5 Å². The largest absolute Gasteiger partial charge is 0.461 e. The minimum Gasteiger partial charge on any atom is -0.422 e. The van der Waals surface area contributed by atoms with Crippen LogP contribution in [0.4, 0.5) is 26.3 Å². The van der Waals surface area contributed by atoms with Gasteiger partial charge in [-0.1, -0.05) is 76.1 Å². The molecule has 210 valence electrons. The van der Waals surface area contributed by atoms with Crippen LogP contribution in [0.3, 0.4) is 0 Å². The first-order chi connectivity index (χ1) is 18.2. The third kappa shape index (κ3) is 7.06. The lowest BCUT2D eigenvalue weighted by molar-refractivity contribution is -0.255. The van der Waals surface area contributed by atoms with Crippen LogP contribution >= 0.6 is 0 Å². The average Bonchev–Trinajstić information content (AvgIpc) is 2.90. The molecule has 2 aliphatic rings. The number of benzene rings is 2. The Hall–Kier alpha value is -2.18. The lowest BCUT2D eigenvalue weighted by Gasteiger charge is -2.42. The van der Waals surface area contributed by atoms with Gasteiger partial charge in [0.25, 0.3) is 0 Å². The summed E-state index contributed by atoms with van der Waals surface area (Å²) in [6.45, 7) is 2.25. The Morgan fingerprint density at radius 1 is 0.816 bits per heavy atom. The first-order valence-electron chi connectivity index (χ1n) is 14.1. The number of rotatable bonds is 11. The first kappa shape index (κ1) is 28.8. The van der Waals surface area contributed by atoms with Crippen LogP contribution in [0.15, 0.2) is 36.4 Å². The predicted octanol–water partition coefficient (Wildman–Crippen LogP) is 10.5. The quantitative estimate of drug-likeness (QED) is 0.203. The molecule has 1 unspecified atom stereocenters. The summed E-state index contributed by atoms with van der Waals surface area (Å²) in [5, 5.41) is 0. The number of hydrogen-bond donors (Lipinski definition) is 0. The molecule has 2 aromatic carbocycles. The molecule has 1 nitrogen and oxygen atoms in total. The van der Waals surface area contributed by atoms with E-state index in [1.165, 1.54) is 76.2 Å². The van der Waals surface area contributed by atoms with Crippen molar-refractivity contribution in [3.63, 3.8) is 0 Å². The second-order valence-corrected chi connectivity index (χ2v) is 11.3. The van der Waals surface area contributed by atoms with Gasteiger partial charge in [-0.2, -0.15) is 17.6 Å². The first-order valence-corrected chi connectivity index (χ1v) is 14.1. The molecule has 7 heteroatoms. The molecule has 0 heterocycles. The third-order valence-electron chi connectivity index (χ3n) is 8.64. The molecule has 0 aliphatic heterocycles. The van der Waals surface area contributed by atoms with Crippen molar-refractivity contribution >= 4 is 0 Å². The van der Waals surface area contributed by atoms with Gasteiger partial charge in [0.1, 0.15) is 0 Å². The van der Waals surface area contributed by atoms with Gasteiger partial charge in [-0.05, 0) is 84.6 Å². The molecule has 0 N–H and O–H groups in total. The standard InChI is InChI=1S/C31H38F6O/c1-2-3-4-5-6-7-20-8-9-25-17-24(15-14-23(25)16-20)21-10-12-22(13-11-21)26-18-27(32)29(28(33)19-26)38-31(36,37)30(34)35/h10-13,18-20,23-25,30H,2-9,14-17H2,1H3/t20?,23-,24-,25-/m1/s1. The fourth-order valence-corrected chi connectivity index (χ4v) is 6.54. The van der Waals surface area contributed by atoms with Gasteiger partial charge in [0.2, 0.25) is 0 Å². The molecule has 2 saturated carbocycles. The molecule has 4 atom stereocenters. The van der Waals surface area contributed by atoms with Gasteiger partial charge in [-0.15, -0.1) is 0 Å². The molecule has 4 rings (SSSR count). The van der Waals surface area contributed by atoms with Crippen molar-refractivity contribution in [2.24, 2.45) is 17.8 Å². The zero-order valence-corrected chi connectivity index (χ0v) is 22.0. The number of hydrogen-bond acceptors (Lipinski definition) is 1. The van der Waals surface area contributed by atoms with E-state index in [4.69, 9.17) is 0 Å². The van der Waals surface area contributed by atoms with E-state index in [2.05, 4.69) is 11.7 Å².